The highest BCUT2D eigenvalue weighted by molar-refractivity contribution is 6.02. The van der Waals surface area contributed by atoms with Crippen LogP contribution in [0.5, 0.6) is 0 Å². The average molecular weight is 458 g/mol. The molecule has 0 saturated carbocycles. The van der Waals surface area contributed by atoms with E-state index in [9.17, 15) is 14.0 Å². The molecule has 0 radical (unpaired) electrons. The first-order chi connectivity index (χ1) is 15.7. The number of anilines is 1. The van der Waals surface area contributed by atoms with Crippen LogP contribution in [0.4, 0.5) is 15.0 Å². The summed E-state index contributed by atoms with van der Waals surface area (Å²) in [4.78, 5) is 36.3. The fourth-order valence-electron chi connectivity index (χ4n) is 4.79. The predicted molar refractivity (Wildman–Crippen MR) is 123 cm³/mol. The molecule has 0 aromatic carbocycles. The Morgan fingerprint density at radius 1 is 1.24 bits per heavy atom. The Hall–Kier alpha value is -3.01. The van der Waals surface area contributed by atoms with Gasteiger partial charge in [0.15, 0.2) is 5.82 Å². The molecule has 2 atom stereocenters. The first-order valence-corrected chi connectivity index (χ1v) is 11.4. The van der Waals surface area contributed by atoms with Gasteiger partial charge in [-0.1, -0.05) is 6.07 Å². The molecule has 178 valence electrons. The number of nitrogens with one attached hydrogen (secondary N) is 2. The summed E-state index contributed by atoms with van der Waals surface area (Å²) in [6, 6.07) is 5.27. The number of alkyl halides is 1. The van der Waals surface area contributed by atoms with E-state index >= 15 is 0 Å². The number of nitrogens with zero attached hydrogens (tertiary/aromatic N) is 5. The number of aromatic nitrogens is 3. The number of rotatable bonds is 5. The van der Waals surface area contributed by atoms with Gasteiger partial charge in [-0.2, -0.15) is 5.10 Å². The number of hydrogen-bond acceptors (Lipinski definition) is 5. The molecular weight excluding hydrogens is 425 g/mol. The molecule has 9 nitrogen and oxygen atoms in total. The van der Waals surface area contributed by atoms with Crippen molar-refractivity contribution in [2.24, 2.45) is 0 Å². The minimum absolute atomic E-state index is 0.0181. The van der Waals surface area contributed by atoms with Crippen LogP contribution < -0.4 is 5.32 Å². The summed E-state index contributed by atoms with van der Waals surface area (Å²) in [5, 5.41) is 10.2. The van der Waals surface area contributed by atoms with Crippen molar-refractivity contribution < 1.29 is 14.0 Å². The van der Waals surface area contributed by atoms with Crippen LogP contribution in [0.2, 0.25) is 0 Å². The summed E-state index contributed by atoms with van der Waals surface area (Å²) in [5.74, 6) is 0.0702. The third-order valence-electron chi connectivity index (χ3n) is 6.77. The Morgan fingerprint density at radius 3 is 2.73 bits per heavy atom. The summed E-state index contributed by atoms with van der Waals surface area (Å²) in [5.41, 5.74) is 1.31. The molecule has 2 N–H and O–H groups in total. The van der Waals surface area contributed by atoms with Crippen LogP contribution in [0.3, 0.4) is 0 Å². The lowest BCUT2D eigenvalue weighted by atomic mass is 10.0. The smallest absolute Gasteiger partial charge is 0.319 e. The molecule has 1 saturated heterocycles. The van der Waals surface area contributed by atoms with Gasteiger partial charge in [-0.3, -0.25) is 24.2 Å². The van der Waals surface area contributed by atoms with Gasteiger partial charge >= 0.3 is 6.03 Å². The summed E-state index contributed by atoms with van der Waals surface area (Å²) in [6.07, 6.45) is 2.08. The molecule has 4 rings (SSSR count). The summed E-state index contributed by atoms with van der Waals surface area (Å²) in [6.45, 7) is 10.1. The number of H-pyrrole nitrogens is 1. The van der Waals surface area contributed by atoms with Crippen molar-refractivity contribution in [1.82, 2.24) is 29.9 Å². The van der Waals surface area contributed by atoms with Gasteiger partial charge in [0.2, 0.25) is 0 Å². The number of fused-ring (bicyclic) bond motifs is 1. The second kappa shape index (κ2) is 9.09. The van der Waals surface area contributed by atoms with Crippen LogP contribution in [-0.2, 0) is 12.1 Å². The van der Waals surface area contributed by atoms with E-state index in [0.29, 0.717) is 37.6 Å². The van der Waals surface area contributed by atoms with E-state index in [0.717, 1.165) is 17.8 Å². The van der Waals surface area contributed by atoms with Gasteiger partial charge in [-0.05, 0) is 46.2 Å². The molecule has 2 aliphatic heterocycles. The Morgan fingerprint density at radius 2 is 2.03 bits per heavy atom. The summed E-state index contributed by atoms with van der Waals surface area (Å²) >= 11 is 0. The quantitative estimate of drug-likeness (QED) is 0.720. The third-order valence-corrected chi connectivity index (χ3v) is 6.77. The highest BCUT2D eigenvalue weighted by Gasteiger charge is 2.46. The summed E-state index contributed by atoms with van der Waals surface area (Å²) < 4.78 is 12.6. The fourth-order valence-corrected chi connectivity index (χ4v) is 4.79. The predicted octanol–water partition coefficient (Wildman–Crippen LogP) is 2.98. The van der Waals surface area contributed by atoms with Crippen molar-refractivity contribution in [2.75, 3.05) is 31.6 Å². The molecule has 33 heavy (non-hydrogen) atoms. The highest BCUT2D eigenvalue weighted by atomic mass is 19.1. The number of piperazine rings is 1. The summed E-state index contributed by atoms with van der Waals surface area (Å²) in [7, 11) is 0. The largest absolute Gasteiger partial charge is 0.321 e. The molecule has 0 unspecified atom stereocenters. The lowest BCUT2D eigenvalue weighted by molar-refractivity contribution is 0.0339. The van der Waals surface area contributed by atoms with E-state index in [1.54, 1.807) is 24.4 Å². The highest BCUT2D eigenvalue weighted by Crippen LogP contribution is 2.41. The zero-order chi connectivity index (χ0) is 23.8. The molecule has 0 spiro atoms. The minimum atomic E-state index is -0.609. The van der Waals surface area contributed by atoms with E-state index < -0.39 is 5.54 Å². The monoisotopic (exact) mass is 457 g/mol. The Kier molecular flexibility index (Phi) is 6.38. The molecule has 4 heterocycles. The van der Waals surface area contributed by atoms with Gasteiger partial charge < -0.3 is 15.1 Å². The number of urea groups is 1. The van der Waals surface area contributed by atoms with Crippen molar-refractivity contribution in [1.29, 1.82) is 0 Å². The van der Waals surface area contributed by atoms with Crippen molar-refractivity contribution in [2.45, 2.75) is 58.3 Å². The normalized spacial score (nSPS) is 22.3. The van der Waals surface area contributed by atoms with Crippen molar-refractivity contribution >= 4 is 17.8 Å². The first kappa shape index (κ1) is 23.2. The lowest BCUT2D eigenvalue weighted by Crippen LogP contribution is -2.61. The average Bonchev–Trinajstić information content (AvgIpc) is 3.32. The molecule has 2 aliphatic rings. The Labute approximate surface area is 193 Å². The second-order valence-electron chi connectivity index (χ2n) is 9.41. The maximum atomic E-state index is 13.7. The molecule has 3 amide bonds. The van der Waals surface area contributed by atoms with Crippen LogP contribution in [0, 0.1) is 0 Å². The number of hydrogen-bond donors (Lipinski definition) is 2. The number of pyridine rings is 1. The van der Waals surface area contributed by atoms with Gasteiger partial charge in [0.05, 0.1) is 24.5 Å². The fraction of sp³-hybridized carbons (Fsp3) is 0.565. The zero-order valence-electron chi connectivity index (χ0n) is 19.6. The van der Waals surface area contributed by atoms with Crippen LogP contribution >= 0.6 is 0 Å². The molecule has 1 fully saturated rings. The van der Waals surface area contributed by atoms with Gasteiger partial charge in [-0.15, -0.1) is 0 Å². The zero-order valence-corrected chi connectivity index (χ0v) is 19.6. The topological polar surface area (TPSA) is 97.5 Å². The molecule has 10 heteroatoms. The number of halogens is 1. The molecule has 0 aliphatic carbocycles. The van der Waals surface area contributed by atoms with Gasteiger partial charge in [0, 0.05) is 43.5 Å². The maximum absolute atomic E-state index is 13.7. The van der Waals surface area contributed by atoms with Crippen LogP contribution in [-0.4, -0.2) is 80.2 Å². The Bertz CT molecular complexity index is 1010. The van der Waals surface area contributed by atoms with E-state index in [1.807, 2.05) is 30.6 Å². The Balaban J connectivity index is 1.49. The maximum Gasteiger partial charge on any atom is 0.321 e. The molecule has 0 bridgehead atoms. The van der Waals surface area contributed by atoms with Crippen molar-refractivity contribution in [3.05, 3.63) is 41.3 Å². The number of carbonyl (C=O) groups excluding carboxylic acids is 2. The van der Waals surface area contributed by atoms with Crippen LogP contribution in [0.15, 0.2) is 24.4 Å². The second-order valence-corrected chi connectivity index (χ2v) is 9.41. The number of carbonyl (C=O) groups is 2. The molecular formula is C23H32FN7O2. The standard InChI is InChI=1S/C23H32FN7O2/c1-15-13-30(16(2)12-29(15)11-7-9-24)22(33)31-14-17-19(23(31,3)4)27-28-20(17)26-21(32)18-8-5-6-10-25-18/h5-6,8,10,15-16H,7,9,11-14H2,1-4H3,(H2,26,27,28,32)/t15-,16+/m1/s1. The lowest BCUT2D eigenvalue weighted by Gasteiger charge is -2.46. The van der Waals surface area contributed by atoms with Crippen molar-refractivity contribution in [3.63, 3.8) is 0 Å². The van der Waals surface area contributed by atoms with E-state index in [1.165, 1.54) is 0 Å². The SMILES string of the molecule is C[C@@H]1CN(C(=O)N2Cc3c(NC(=O)c4ccccn4)n[nH]c3C2(C)C)[C@@H](C)CN1CCCF. The van der Waals surface area contributed by atoms with Gasteiger partial charge in [0.25, 0.3) is 5.91 Å². The van der Waals surface area contributed by atoms with E-state index in [-0.39, 0.29) is 30.7 Å². The van der Waals surface area contributed by atoms with Crippen LogP contribution in [0.1, 0.15) is 55.9 Å². The first-order valence-electron chi connectivity index (χ1n) is 11.4. The van der Waals surface area contributed by atoms with E-state index in [2.05, 4.69) is 32.3 Å². The number of aromatic amines is 1. The van der Waals surface area contributed by atoms with Crippen LogP contribution in [0.25, 0.3) is 0 Å². The minimum Gasteiger partial charge on any atom is -0.319 e. The van der Waals surface area contributed by atoms with Gasteiger partial charge in [0.1, 0.15) is 5.69 Å². The van der Waals surface area contributed by atoms with E-state index in [4.69, 9.17) is 0 Å². The third kappa shape index (κ3) is 4.31. The molecule has 2 aromatic heterocycles. The molecule has 2 aromatic rings. The number of amides is 3. The van der Waals surface area contributed by atoms with Gasteiger partial charge in [-0.25, -0.2) is 4.79 Å². The van der Waals surface area contributed by atoms with Crippen molar-refractivity contribution in [3.8, 4) is 0 Å².